The number of nitrogens with zero attached hydrogens (tertiary/aromatic N) is 3. The Hall–Kier alpha value is -0.710. The Kier molecular flexibility index (Phi) is 3.51. The molecule has 20 heavy (non-hydrogen) atoms. The smallest absolute Gasteiger partial charge is 0.305 e. The summed E-state index contributed by atoms with van der Waals surface area (Å²) < 4.78 is 41.7. The van der Waals surface area contributed by atoms with Crippen molar-refractivity contribution in [3.63, 3.8) is 0 Å². The maximum atomic E-state index is 12.8. The van der Waals surface area contributed by atoms with E-state index in [2.05, 4.69) is 5.10 Å². The number of alkyl halides is 5. The molecule has 0 fully saturated rings. The summed E-state index contributed by atoms with van der Waals surface area (Å²) in [6, 6.07) is 1.07. The minimum atomic E-state index is -4.46. The van der Waals surface area contributed by atoms with Crippen molar-refractivity contribution in [2.24, 2.45) is 0 Å². The molecule has 0 saturated heterocycles. The second-order valence-corrected chi connectivity index (χ2v) is 7.48. The number of allylic oxidation sites excluding steroid dienone is 2. The number of hydrogen-bond acceptors (Lipinski definition) is 2. The standard InChI is InChI=1S/C11H9Cl2F3N3P/c12-6-10(13)20-18-4-2-1-3-7(18)8-5-9(11(14,15)16)17-19(8)20/h2-5,10H,1,6H2. The maximum absolute atomic E-state index is 12.8. The van der Waals surface area contributed by atoms with E-state index in [4.69, 9.17) is 23.2 Å². The van der Waals surface area contributed by atoms with Crippen molar-refractivity contribution in [3.05, 3.63) is 35.8 Å². The lowest BCUT2D eigenvalue weighted by molar-refractivity contribution is -0.141. The molecule has 0 saturated carbocycles. The van der Waals surface area contributed by atoms with Gasteiger partial charge in [0.2, 0.25) is 0 Å². The van der Waals surface area contributed by atoms with E-state index in [1.165, 1.54) is 4.45 Å². The predicted octanol–water partition coefficient (Wildman–Crippen LogP) is 4.44. The summed E-state index contributed by atoms with van der Waals surface area (Å²) in [5.74, 6) is 0.144. The molecule has 3 rings (SSSR count). The Morgan fingerprint density at radius 1 is 1.45 bits per heavy atom. The molecule has 0 bridgehead atoms. The van der Waals surface area contributed by atoms with E-state index in [1.54, 1.807) is 0 Å². The highest BCUT2D eigenvalue weighted by Gasteiger charge is 2.43. The van der Waals surface area contributed by atoms with Gasteiger partial charge in [-0.05, 0) is 12.5 Å². The zero-order chi connectivity index (χ0) is 14.5. The highest BCUT2D eigenvalue weighted by molar-refractivity contribution is 7.57. The molecule has 2 atom stereocenters. The number of aromatic nitrogens is 2. The molecule has 1 aromatic rings. The summed E-state index contributed by atoms with van der Waals surface area (Å²) in [5, 5.41) is 3.21. The Bertz CT molecular complexity index is 596. The monoisotopic (exact) mass is 341 g/mol. The number of halogens is 5. The first kappa shape index (κ1) is 14.2. The molecular formula is C11H9Cl2F3N3P. The lowest BCUT2D eigenvalue weighted by Crippen LogP contribution is -2.16. The fourth-order valence-electron chi connectivity index (χ4n) is 2.16. The van der Waals surface area contributed by atoms with Crippen LogP contribution in [0.15, 0.2) is 24.4 Å². The Morgan fingerprint density at radius 3 is 2.85 bits per heavy atom. The van der Waals surface area contributed by atoms with Crippen LogP contribution in [0.2, 0.25) is 0 Å². The molecule has 3 heterocycles. The van der Waals surface area contributed by atoms with Crippen LogP contribution in [0.1, 0.15) is 17.8 Å². The zero-order valence-corrected chi connectivity index (χ0v) is 12.4. The fourth-order valence-corrected chi connectivity index (χ4v) is 5.08. The quantitative estimate of drug-likeness (QED) is 0.585. The largest absolute Gasteiger partial charge is 0.435 e. The minimum absolute atomic E-state index is 0.144. The maximum Gasteiger partial charge on any atom is 0.435 e. The van der Waals surface area contributed by atoms with Gasteiger partial charge in [0.15, 0.2) is 5.69 Å². The highest BCUT2D eigenvalue weighted by Crippen LogP contribution is 2.60. The second kappa shape index (κ2) is 4.93. The van der Waals surface area contributed by atoms with Gasteiger partial charge in [-0.2, -0.15) is 18.3 Å². The molecule has 0 radical (unpaired) electrons. The molecular weight excluding hydrogens is 333 g/mol. The highest BCUT2D eigenvalue weighted by atomic mass is 35.5. The molecule has 0 N–H and O–H groups in total. The van der Waals surface area contributed by atoms with E-state index in [1.807, 2.05) is 23.0 Å². The van der Waals surface area contributed by atoms with Crippen LogP contribution in [0, 0.1) is 0 Å². The Labute approximate surface area is 124 Å². The first-order valence-electron chi connectivity index (χ1n) is 5.76. The van der Waals surface area contributed by atoms with Gasteiger partial charge >= 0.3 is 6.18 Å². The van der Waals surface area contributed by atoms with Crippen LogP contribution in [-0.2, 0) is 6.18 Å². The van der Waals surface area contributed by atoms with Crippen molar-refractivity contribution in [3.8, 4) is 0 Å². The van der Waals surface area contributed by atoms with Crippen LogP contribution in [0.25, 0.3) is 5.70 Å². The molecule has 2 unspecified atom stereocenters. The van der Waals surface area contributed by atoms with E-state index in [0.29, 0.717) is 12.1 Å². The molecule has 0 amide bonds. The first-order valence-corrected chi connectivity index (χ1v) is 8.05. The third-order valence-corrected chi connectivity index (χ3v) is 6.50. The van der Waals surface area contributed by atoms with Crippen molar-refractivity contribution >= 4 is 37.1 Å². The zero-order valence-electron chi connectivity index (χ0n) is 9.98. The van der Waals surface area contributed by atoms with Crippen LogP contribution in [0.5, 0.6) is 0 Å². The SMILES string of the molecule is FC(F)(F)c1cc2n(n1)P(C(Cl)CCl)N1C=CCC=C21. The Morgan fingerprint density at radius 2 is 2.20 bits per heavy atom. The molecule has 2 aliphatic heterocycles. The molecule has 1 aromatic heterocycles. The average Bonchev–Trinajstić information content (AvgIpc) is 2.94. The molecule has 3 nitrogen and oxygen atoms in total. The number of rotatable bonds is 2. The van der Waals surface area contributed by atoms with Gasteiger partial charge in [-0.25, -0.2) is 4.45 Å². The van der Waals surface area contributed by atoms with Gasteiger partial charge in [0.25, 0.3) is 0 Å². The number of fused-ring (bicyclic) bond motifs is 3. The lowest BCUT2D eigenvalue weighted by Gasteiger charge is -2.27. The summed E-state index contributed by atoms with van der Waals surface area (Å²) in [4.78, 5) is 0. The van der Waals surface area contributed by atoms with Gasteiger partial charge in [-0.3, -0.25) is 0 Å². The molecule has 2 aliphatic rings. The summed E-state index contributed by atoms with van der Waals surface area (Å²) in [5.41, 5.74) is 0.273. The van der Waals surface area contributed by atoms with Crippen LogP contribution in [0.4, 0.5) is 13.2 Å². The average molecular weight is 342 g/mol. The van der Waals surface area contributed by atoms with Crippen LogP contribution in [0.3, 0.4) is 0 Å². The third kappa shape index (κ3) is 2.14. The van der Waals surface area contributed by atoms with E-state index >= 15 is 0 Å². The van der Waals surface area contributed by atoms with Crippen molar-refractivity contribution in [2.75, 3.05) is 5.88 Å². The molecule has 108 valence electrons. The van der Waals surface area contributed by atoms with Gasteiger partial charge in [-0.15, -0.1) is 23.2 Å². The van der Waals surface area contributed by atoms with Crippen molar-refractivity contribution in [1.29, 1.82) is 0 Å². The summed E-state index contributed by atoms with van der Waals surface area (Å²) >= 11 is 12.0. The van der Waals surface area contributed by atoms with Crippen molar-refractivity contribution in [2.45, 2.75) is 17.7 Å². The van der Waals surface area contributed by atoms with E-state index < -0.39 is 25.2 Å². The summed E-state index contributed by atoms with van der Waals surface area (Å²) in [6.07, 6.45) is 1.85. The third-order valence-electron chi connectivity index (χ3n) is 2.98. The van der Waals surface area contributed by atoms with E-state index in [0.717, 1.165) is 11.8 Å². The van der Waals surface area contributed by atoms with Gasteiger partial charge < -0.3 is 4.67 Å². The Balaban J connectivity index is 2.10. The van der Waals surface area contributed by atoms with Gasteiger partial charge in [0, 0.05) is 12.1 Å². The van der Waals surface area contributed by atoms with Gasteiger partial charge in [0.1, 0.15) is 13.3 Å². The van der Waals surface area contributed by atoms with Crippen LogP contribution >= 0.6 is 31.4 Å². The molecule has 0 aromatic carbocycles. The first-order chi connectivity index (χ1) is 9.43. The lowest BCUT2D eigenvalue weighted by atomic mass is 10.2. The summed E-state index contributed by atoms with van der Waals surface area (Å²) in [7, 11) is -1.29. The summed E-state index contributed by atoms with van der Waals surface area (Å²) in [6.45, 7) is 0. The van der Waals surface area contributed by atoms with Crippen LogP contribution < -0.4 is 0 Å². The topological polar surface area (TPSA) is 21.1 Å². The van der Waals surface area contributed by atoms with E-state index in [9.17, 15) is 13.2 Å². The second-order valence-electron chi connectivity index (χ2n) is 4.27. The normalized spacial score (nSPS) is 22.6. The van der Waals surface area contributed by atoms with Gasteiger partial charge in [0.05, 0.1) is 11.4 Å². The van der Waals surface area contributed by atoms with Gasteiger partial charge in [-0.1, -0.05) is 12.2 Å². The fraction of sp³-hybridized carbons (Fsp3) is 0.364. The molecule has 0 spiro atoms. The van der Waals surface area contributed by atoms with Crippen molar-refractivity contribution < 1.29 is 13.2 Å². The molecule has 9 heteroatoms. The van der Waals surface area contributed by atoms with E-state index in [-0.39, 0.29) is 5.88 Å². The minimum Gasteiger partial charge on any atom is -0.305 e. The van der Waals surface area contributed by atoms with Crippen LogP contribution in [-0.4, -0.2) is 25.2 Å². The predicted molar refractivity (Wildman–Crippen MR) is 73.5 cm³/mol. The number of hydrogen-bond donors (Lipinski definition) is 0. The molecule has 0 aliphatic carbocycles. The van der Waals surface area contributed by atoms with Crippen molar-refractivity contribution in [1.82, 2.24) is 14.2 Å².